The average Bonchev–Trinajstić information content (AvgIpc) is 2.16. The first-order chi connectivity index (χ1) is 6.22. The second kappa shape index (κ2) is 7.84. The van der Waals surface area contributed by atoms with Crippen LogP contribution in [0.3, 0.4) is 0 Å². The zero-order chi connectivity index (χ0) is 10.1. The Morgan fingerprint density at radius 1 is 1.23 bits per heavy atom. The van der Waals surface area contributed by atoms with Crippen LogP contribution in [0.5, 0.6) is 0 Å². The molecule has 0 N–H and O–H groups in total. The van der Waals surface area contributed by atoms with Crippen LogP contribution in [0.1, 0.15) is 46.0 Å². The maximum Gasteiger partial charge on any atom is 0.333 e. The van der Waals surface area contributed by atoms with Crippen molar-refractivity contribution < 1.29 is 9.53 Å². The molecule has 0 aliphatic heterocycles. The van der Waals surface area contributed by atoms with Gasteiger partial charge in [0.1, 0.15) is 0 Å². The van der Waals surface area contributed by atoms with Crippen molar-refractivity contribution in [2.45, 2.75) is 46.0 Å². The van der Waals surface area contributed by atoms with E-state index in [0.29, 0.717) is 18.6 Å². The van der Waals surface area contributed by atoms with E-state index in [1.54, 1.807) is 0 Å². The smallest absolute Gasteiger partial charge is 0.333 e. The highest BCUT2D eigenvalue weighted by molar-refractivity contribution is 5.87. The minimum atomic E-state index is -0.237. The summed E-state index contributed by atoms with van der Waals surface area (Å²) in [5.74, 6) is -0.237. The largest absolute Gasteiger partial charge is 0.462 e. The summed E-state index contributed by atoms with van der Waals surface area (Å²) in [7, 11) is 0. The molecule has 0 saturated heterocycles. The SMILES string of the molecule is C=C(CC)C(=O)OCCCCCC. The molecule has 0 aliphatic carbocycles. The highest BCUT2D eigenvalue weighted by Crippen LogP contribution is 2.03. The van der Waals surface area contributed by atoms with Crippen LogP contribution in [0.4, 0.5) is 0 Å². The number of ether oxygens (including phenoxy) is 1. The summed E-state index contributed by atoms with van der Waals surface area (Å²) in [4.78, 5) is 11.1. The number of unbranched alkanes of at least 4 members (excludes halogenated alkanes) is 3. The highest BCUT2D eigenvalue weighted by atomic mass is 16.5. The van der Waals surface area contributed by atoms with E-state index in [1.807, 2.05) is 6.92 Å². The van der Waals surface area contributed by atoms with Crippen LogP contribution in [0, 0.1) is 0 Å². The molecular formula is C11H20O2. The molecule has 0 atom stereocenters. The van der Waals surface area contributed by atoms with Gasteiger partial charge in [0.15, 0.2) is 0 Å². The lowest BCUT2D eigenvalue weighted by atomic mass is 10.2. The monoisotopic (exact) mass is 184 g/mol. The van der Waals surface area contributed by atoms with Gasteiger partial charge in [0.05, 0.1) is 6.61 Å². The van der Waals surface area contributed by atoms with E-state index in [1.165, 1.54) is 12.8 Å². The van der Waals surface area contributed by atoms with E-state index in [-0.39, 0.29) is 5.97 Å². The number of esters is 1. The van der Waals surface area contributed by atoms with Crippen LogP contribution >= 0.6 is 0 Å². The Labute approximate surface area is 81.0 Å². The summed E-state index contributed by atoms with van der Waals surface area (Å²) >= 11 is 0. The normalized spacial score (nSPS) is 9.69. The van der Waals surface area contributed by atoms with Gasteiger partial charge in [-0.25, -0.2) is 4.79 Å². The summed E-state index contributed by atoms with van der Waals surface area (Å²) in [6.07, 6.45) is 5.20. The Morgan fingerprint density at radius 2 is 1.92 bits per heavy atom. The van der Waals surface area contributed by atoms with Crippen LogP contribution < -0.4 is 0 Å². The summed E-state index contributed by atoms with van der Waals surface area (Å²) in [6, 6.07) is 0. The van der Waals surface area contributed by atoms with Gasteiger partial charge in [0, 0.05) is 5.57 Å². The van der Waals surface area contributed by atoms with Crippen molar-refractivity contribution in [2.24, 2.45) is 0 Å². The molecule has 0 rings (SSSR count). The van der Waals surface area contributed by atoms with E-state index >= 15 is 0 Å². The Bertz CT molecular complexity index is 161. The lowest BCUT2D eigenvalue weighted by molar-refractivity contribution is -0.139. The maximum atomic E-state index is 11.1. The fourth-order valence-corrected chi connectivity index (χ4v) is 0.940. The molecule has 13 heavy (non-hydrogen) atoms. The Morgan fingerprint density at radius 3 is 2.46 bits per heavy atom. The Hall–Kier alpha value is -0.790. The fraction of sp³-hybridized carbons (Fsp3) is 0.727. The zero-order valence-corrected chi connectivity index (χ0v) is 8.77. The number of rotatable bonds is 7. The Balaban J connectivity index is 3.32. The van der Waals surface area contributed by atoms with Crippen molar-refractivity contribution in [3.05, 3.63) is 12.2 Å². The quantitative estimate of drug-likeness (QED) is 0.345. The molecule has 0 bridgehead atoms. The van der Waals surface area contributed by atoms with E-state index in [2.05, 4.69) is 13.5 Å². The summed E-state index contributed by atoms with van der Waals surface area (Å²) in [5, 5.41) is 0. The lowest BCUT2D eigenvalue weighted by Gasteiger charge is -2.04. The fourth-order valence-electron chi connectivity index (χ4n) is 0.940. The van der Waals surface area contributed by atoms with E-state index in [4.69, 9.17) is 4.74 Å². The van der Waals surface area contributed by atoms with Gasteiger partial charge >= 0.3 is 5.97 Å². The van der Waals surface area contributed by atoms with Crippen LogP contribution in [-0.4, -0.2) is 12.6 Å². The molecule has 0 aliphatic rings. The molecule has 0 fully saturated rings. The topological polar surface area (TPSA) is 26.3 Å². The van der Waals surface area contributed by atoms with Crippen molar-refractivity contribution in [2.75, 3.05) is 6.61 Å². The number of hydrogen-bond acceptors (Lipinski definition) is 2. The molecule has 0 radical (unpaired) electrons. The predicted octanol–water partition coefficient (Wildman–Crippen LogP) is 3.08. The maximum absolute atomic E-state index is 11.1. The van der Waals surface area contributed by atoms with Gasteiger partial charge in [-0.05, 0) is 12.8 Å². The van der Waals surface area contributed by atoms with Gasteiger partial charge in [-0.15, -0.1) is 0 Å². The molecule has 0 aromatic heterocycles. The minimum absolute atomic E-state index is 0.237. The molecule has 2 heteroatoms. The van der Waals surface area contributed by atoms with Crippen molar-refractivity contribution in [1.82, 2.24) is 0 Å². The van der Waals surface area contributed by atoms with Crippen molar-refractivity contribution in [3.8, 4) is 0 Å². The second-order valence-electron chi connectivity index (χ2n) is 3.15. The minimum Gasteiger partial charge on any atom is -0.462 e. The van der Waals surface area contributed by atoms with E-state index in [9.17, 15) is 4.79 Å². The van der Waals surface area contributed by atoms with E-state index < -0.39 is 0 Å². The van der Waals surface area contributed by atoms with Crippen LogP contribution in [-0.2, 0) is 9.53 Å². The molecule has 0 amide bonds. The molecule has 0 saturated carbocycles. The number of carbonyl (C=O) groups excluding carboxylic acids is 1. The van der Waals surface area contributed by atoms with Gasteiger partial charge in [-0.1, -0.05) is 39.7 Å². The molecule has 0 aromatic carbocycles. The van der Waals surface area contributed by atoms with Gasteiger partial charge in [-0.2, -0.15) is 0 Å². The first-order valence-electron chi connectivity index (χ1n) is 5.07. The average molecular weight is 184 g/mol. The van der Waals surface area contributed by atoms with Gasteiger partial charge in [0.2, 0.25) is 0 Å². The van der Waals surface area contributed by atoms with E-state index in [0.717, 1.165) is 12.8 Å². The molecule has 0 spiro atoms. The first kappa shape index (κ1) is 12.2. The third kappa shape index (κ3) is 6.38. The summed E-state index contributed by atoms with van der Waals surface area (Å²) in [5.41, 5.74) is 0.565. The van der Waals surface area contributed by atoms with Crippen molar-refractivity contribution in [1.29, 1.82) is 0 Å². The second-order valence-corrected chi connectivity index (χ2v) is 3.15. The number of hydrogen-bond donors (Lipinski definition) is 0. The van der Waals surface area contributed by atoms with Crippen LogP contribution in [0.15, 0.2) is 12.2 Å². The van der Waals surface area contributed by atoms with Crippen LogP contribution in [0.25, 0.3) is 0 Å². The molecule has 0 heterocycles. The highest BCUT2D eigenvalue weighted by Gasteiger charge is 2.04. The van der Waals surface area contributed by atoms with Gasteiger partial charge in [0.25, 0.3) is 0 Å². The lowest BCUT2D eigenvalue weighted by Crippen LogP contribution is -2.07. The summed E-state index contributed by atoms with van der Waals surface area (Å²) in [6.45, 7) is 8.21. The molecular weight excluding hydrogens is 164 g/mol. The molecule has 0 aromatic rings. The van der Waals surface area contributed by atoms with Crippen molar-refractivity contribution >= 4 is 5.97 Å². The van der Waals surface area contributed by atoms with Gasteiger partial charge < -0.3 is 4.74 Å². The third-order valence-corrected chi connectivity index (χ3v) is 1.95. The van der Waals surface area contributed by atoms with Crippen LogP contribution in [0.2, 0.25) is 0 Å². The van der Waals surface area contributed by atoms with Gasteiger partial charge in [-0.3, -0.25) is 0 Å². The molecule has 2 nitrogen and oxygen atoms in total. The zero-order valence-electron chi connectivity index (χ0n) is 8.77. The summed E-state index contributed by atoms with van der Waals surface area (Å²) < 4.78 is 5.00. The standard InChI is InChI=1S/C11H20O2/c1-4-6-7-8-9-13-11(12)10(3)5-2/h3-9H2,1-2H3. The van der Waals surface area contributed by atoms with Crippen molar-refractivity contribution in [3.63, 3.8) is 0 Å². The molecule has 76 valence electrons. The molecule has 0 unspecified atom stereocenters. The Kier molecular flexibility index (Phi) is 7.36. The third-order valence-electron chi connectivity index (χ3n) is 1.95. The number of carbonyl (C=O) groups is 1. The first-order valence-corrected chi connectivity index (χ1v) is 5.07. The predicted molar refractivity (Wildman–Crippen MR) is 54.5 cm³/mol.